The molecule has 29 heavy (non-hydrogen) atoms. The SMILES string of the molecule is CCc1ccc([C@H]2c3c(-c4ccc(F)cc4)n[nH]c(=O)c3Nc3nnnn32)cc1. The van der Waals surface area contributed by atoms with E-state index in [0.29, 0.717) is 28.5 Å². The molecular formula is C20H16FN7O. The quantitative estimate of drug-likeness (QED) is 0.492. The predicted octanol–water partition coefficient (Wildman–Crippen LogP) is 2.82. The molecule has 9 heteroatoms. The van der Waals surface area contributed by atoms with Gasteiger partial charge >= 0.3 is 0 Å². The highest BCUT2D eigenvalue weighted by molar-refractivity contribution is 5.75. The molecule has 0 amide bonds. The second-order valence-electron chi connectivity index (χ2n) is 6.77. The first-order valence-electron chi connectivity index (χ1n) is 9.18. The number of halogens is 1. The van der Waals surface area contributed by atoms with Gasteiger partial charge in [0.1, 0.15) is 17.5 Å². The van der Waals surface area contributed by atoms with E-state index >= 15 is 0 Å². The number of aryl methyl sites for hydroxylation is 1. The van der Waals surface area contributed by atoms with Crippen molar-refractivity contribution in [2.24, 2.45) is 0 Å². The van der Waals surface area contributed by atoms with Gasteiger partial charge in [0.2, 0.25) is 5.95 Å². The van der Waals surface area contributed by atoms with Crippen LogP contribution in [0.4, 0.5) is 16.0 Å². The van der Waals surface area contributed by atoms with Crippen molar-refractivity contribution in [2.45, 2.75) is 19.4 Å². The lowest BCUT2D eigenvalue weighted by Crippen LogP contribution is -2.29. The molecule has 0 radical (unpaired) electrons. The van der Waals surface area contributed by atoms with Gasteiger partial charge in [0.15, 0.2) is 0 Å². The zero-order chi connectivity index (χ0) is 20.0. The number of rotatable bonds is 3. The maximum Gasteiger partial charge on any atom is 0.288 e. The molecular weight excluding hydrogens is 373 g/mol. The standard InChI is InChI=1S/C20H16FN7O/c1-2-11-3-5-13(6-4-11)18-15-16(12-7-9-14(21)10-8-12)23-24-19(29)17(15)22-20-25-26-27-28(18)20/h3-10,18H,2H2,1H3,(H,24,29)(H,22,25,27)/t18-/m0/s1. The molecule has 5 rings (SSSR count). The Balaban J connectivity index is 1.78. The van der Waals surface area contributed by atoms with Gasteiger partial charge in [-0.15, -0.1) is 0 Å². The van der Waals surface area contributed by atoms with Gasteiger partial charge in [-0.1, -0.05) is 36.3 Å². The fourth-order valence-electron chi connectivity index (χ4n) is 3.61. The Morgan fingerprint density at radius 3 is 2.59 bits per heavy atom. The first kappa shape index (κ1) is 17.2. The zero-order valence-electron chi connectivity index (χ0n) is 15.4. The average molecular weight is 389 g/mol. The van der Waals surface area contributed by atoms with Crippen molar-refractivity contribution in [1.29, 1.82) is 0 Å². The minimum absolute atomic E-state index is 0.325. The summed E-state index contributed by atoms with van der Waals surface area (Å²) in [6.45, 7) is 2.09. The molecule has 0 aliphatic carbocycles. The lowest BCUT2D eigenvalue weighted by atomic mass is 9.92. The second kappa shape index (κ2) is 6.62. The minimum atomic E-state index is -0.461. The van der Waals surface area contributed by atoms with Gasteiger partial charge in [-0.2, -0.15) is 9.78 Å². The summed E-state index contributed by atoms with van der Waals surface area (Å²) in [5.41, 5.74) is 3.88. The molecule has 3 heterocycles. The van der Waals surface area contributed by atoms with Crippen LogP contribution in [0.2, 0.25) is 0 Å². The van der Waals surface area contributed by atoms with Crippen LogP contribution in [0, 0.1) is 5.82 Å². The van der Waals surface area contributed by atoms with Crippen LogP contribution in [0.1, 0.15) is 29.7 Å². The summed E-state index contributed by atoms with van der Waals surface area (Å²) in [5.74, 6) is 0.0171. The topological polar surface area (TPSA) is 101 Å². The van der Waals surface area contributed by atoms with Gasteiger partial charge in [-0.25, -0.2) is 9.49 Å². The number of H-pyrrole nitrogens is 1. The van der Waals surface area contributed by atoms with E-state index in [1.807, 2.05) is 24.3 Å². The Hall–Kier alpha value is -3.88. The number of aromatic amines is 1. The van der Waals surface area contributed by atoms with Crippen molar-refractivity contribution >= 4 is 11.6 Å². The van der Waals surface area contributed by atoms with E-state index in [4.69, 9.17) is 0 Å². The summed E-state index contributed by atoms with van der Waals surface area (Å²) in [5, 5.41) is 21.7. The zero-order valence-corrected chi connectivity index (χ0v) is 15.4. The maximum atomic E-state index is 13.5. The van der Waals surface area contributed by atoms with E-state index in [0.717, 1.165) is 12.0 Å². The lowest BCUT2D eigenvalue weighted by Gasteiger charge is -2.27. The van der Waals surface area contributed by atoms with Crippen molar-refractivity contribution < 1.29 is 4.39 Å². The van der Waals surface area contributed by atoms with E-state index in [1.165, 1.54) is 17.7 Å². The molecule has 0 unspecified atom stereocenters. The number of aromatic nitrogens is 6. The molecule has 144 valence electrons. The molecule has 2 aromatic carbocycles. The van der Waals surface area contributed by atoms with Gasteiger partial charge in [-0.05, 0) is 52.2 Å². The number of fused-ring (bicyclic) bond motifs is 2. The highest BCUT2D eigenvalue weighted by atomic mass is 19.1. The molecule has 8 nitrogen and oxygen atoms in total. The van der Waals surface area contributed by atoms with Crippen LogP contribution in [0.3, 0.4) is 0 Å². The summed E-state index contributed by atoms with van der Waals surface area (Å²) in [6, 6.07) is 13.6. The van der Waals surface area contributed by atoms with Crippen LogP contribution in [-0.4, -0.2) is 30.4 Å². The Labute approximate surface area is 164 Å². The van der Waals surface area contributed by atoms with Crippen LogP contribution in [-0.2, 0) is 6.42 Å². The summed E-state index contributed by atoms with van der Waals surface area (Å²) in [6.07, 6.45) is 0.918. The summed E-state index contributed by atoms with van der Waals surface area (Å²) >= 11 is 0. The van der Waals surface area contributed by atoms with Gasteiger partial charge in [0.25, 0.3) is 5.56 Å². The van der Waals surface area contributed by atoms with Gasteiger partial charge in [0.05, 0.1) is 5.69 Å². The molecule has 0 fully saturated rings. The third-order valence-corrected chi connectivity index (χ3v) is 5.09. The molecule has 1 aliphatic heterocycles. The van der Waals surface area contributed by atoms with Crippen LogP contribution in [0.5, 0.6) is 0 Å². The maximum absolute atomic E-state index is 13.5. The largest absolute Gasteiger partial charge is 0.318 e. The predicted molar refractivity (Wildman–Crippen MR) is 104 cm³/mol. The number of hydrogen-bond donors (Lipinski definition) is 2. The van der Waals surface area contributed by atoms with E-state index in [9.17, 15) is 9.18 Å². The van der Waals surface area contributed by atoms with Crippen molar-refractivity contribution in [3.8, 4) is 11.3 Å². The first-order valence-corrected chi connectivity index (χ1v) is 9.18. The van der Waals surface area contributed by atoms with Crippen molar-refractivity contribution in [3.05, 3.63) is 81.4 Å². The molecule has 0 saturated heterocycles. The molecule has 1 atom stereocenters. The number of nitrogens with one attached hydrogen (secondary N) is 2. The van der Waals surface area contributed by atoms with Gasteiger partial charge < -0.3 is 5.32 Å². The smallest absolute Gasteiger partial charge is 0.288 e. The third-order valence-electron chi connectivity index (χ3n) is 5.09. The fraction of sp³-hybridized carbons (Fsp3) is 0.150. The van der Waals surface area contributed by atoms with Crippen LogP contribution >= 0.6 is 0 Å². The average Bonchev–Trinajstić information content (AvgIpc) is 3.22. The van der Waals surface area contributed by atoms with Gasteiger partial charge in [0, 0.05) is 11.1 Å². The third kappa shape index (κ3) is 2.78. The minimum Gasteiger partial charge on any atom is -0.318 e. The van der Waals surface area contributed by atoms with E-state index in [2.05, 4.69) is 38.0 Å². The number of nitrogens with zero attached hydrogens (tertiary/aromatic N) is 5. The molecule has 2 aromatic heterocycles. The van der Waals surface area contributed by atoms with Gasteiger partial charge in [-0.3, -0.25) is 4.79 Å². The molecule has 2 N–H and O–H groups in total. The normalized spacial score (nSPS) is 14.8. The monoisotopic (exact) mass is 389 g/mol. The molecule has 0 spiro atoms. The van der Waals surface area contributed by atoms with Crippen LogP contribution in [0.25, 0.3) is 11.3 Å². The molecule has 0 saturated carbocycles. The number of anilines is 2. The van der Waals surface area contributed by atoms with Crippen LogP contribution < -0.4 is 10.9 Å². The van der Waals surface area contributed by atoms with Crippen LogP contribution in [0.15, 0.2) is 53.3 Å². The molecule has 1 aliphatic rings. The first-order chi connectivity index (χ1) is 14.2. The summed E-state index contributed by atoms with van der Waals surface area (Å²) in [7, 11) is 0. The highest BCUT2D eigenvalue weighted by Gasteiger charge is 2.34. The Morgan fingerprint density at radius 2 is 1.86 bits per heavy atom. The molecule has 4 aromatic rings. The highest BCUT2D eigenvalue weighted by Crippen LogP contribution is 2.40. The second-order valence-corrected chi connectivity index (χ2v) is 6.77. The van der Waals surface area contributed by atoms with E-state index in [1.54, 1.807) is 16.8 Å². The van der Waals surface area contributed by atoms with Crippen molar-refractivity contribution in [3.63, 3.8) is 0 Å². The lowest BCUT2D eigenvalue weighted by molar-refractivity contribution is 0.567. The number of hydrogen-bond acceptors (Lipinski definition) is 6. The van der Waals surface area contributed by atoms with E-state index < -0.39 is 6.04 Å². The Kier molecular flexibility index (Phi) is 3.94. The summed E-state index contributed by atoms with van der Waals surface area (Å²) in [4.78, 5) is 12.6. The summed E-state index contributed by atoms with van der Waals surface area (Å²) < 4.78 is 15.1. The van der Waals surface area contributed by atoms with E-state index in [-0.39, 0.29) is 11.4 Å². The Morgan fingerprint density at radius 1 is 1.10 bits per heavy atom. The Bertz CT molecular complexity index is 1250. The molecule has 0 bridgehead atoms. The number of tetrazole rings is 1. The van der Waals surface area contributed by atoms with Crippen molar-refractivity contribution in [1.82, 2.24) is 30.4 Å². The fourth-order valence-corrected chi connectivity index (χ4v) is 3.61. The number of benzene rings is 2. The van der Waals surface area contributed by atoms with Crippen molar-refractivity contribution in [2.75, 3.05) is 5.32 Å².